The van der Waals surface area contributed by atoms with Crippen LogP contribution in [0.15, 0.2) is 11.6 Å². The first-order valence-corrected chi connectivity index (χ1v) is 9.24. The lowest BCUT2D eigenvalue weighted by Crippen LogP contribution is -2.38. The van der Waals surface area contributed by atoms with Crippen molar-refractivity contribution in [1.82, 2.24) is 0 Å². The van der Waals surface area contributed by atoms with Crippen LogP contribution in [0.4, 0.5) is 0 Å². The summed E-state index contributed by atoms with van der Waals surface area (Å²) in [7, 11) is 0. The van der Waals surface area contributed by atoms with Crippen molar-refractivity contribution in [1.29, 1.82) is 0 Å². The Morgan fingerprint density at radius 1 is 1.25 bits per heavy atom. The predicted molar refractivity (Wildman–Crippen MR) is 91.4 cm³/mol. The molecule has 2 aliphatic rings. The Morgan fingerprint density at radius 2 is 1.96 bits per heavy atom. The summed E-state index contributed by atoms with van der Waals surface area (Å²) in [6.45, 7) is 4.33. The Labute approximate surface area is 144 Å². The minimum Gasteiger partial charge on any atom is -0.481 e. The van der Waals surface area contributed by atoms with Crippen molar-refractivity contribution in [3.8, 4) is 0 Å². The predicted octanol–water partition coefficient (Wildman–Crippen LogP) is 2.34. The van der Waals surface area contributed by atoms with Crippen LogP contribution < -0.4 is 0 Å². The van der Waals surface area contributed by atoms with Crippen LogP contribution in [0.1, 0.15) is 58.8 Å². The van der Waals surface area contributed by atoms with Gasteiger partial charge in [0.2, 0.25) is 0 Å². The molecular formula is C19H32O5. The fraction of sp³-hybridized carbons (Fsp3) is 0.842. The molecule has 24 heavy (non-hydrogen) atoms. The van der Waals surface area contributed by atoms with Crippen molar-refractivity contribution in [3.63, 3.8) is 0 Å². The zero-order valence-corrected chi connectivity index (χ0v) is 14.8. The third kappa shape index (κ3) is 5.04. The van der Waals surface area contributed by atoms with E-state index in [0.717, 1.165) is 19.3 Å². The van der Waals surface area contributed by atoms with Crippen LogP contribution in [0.3, 0.4) is 0 Å². The number of carboxylic acid groups (broad SMARTS) is 1. The number of carbonyl (C=O) groups is 1. The number of rotatable bonds is 7. The van der Waals surface area contributed by atoms with Crippen LogP contribution in [0, 0.1) is 23.7 Å². The number of aliphatic carboxylic acids is 1. The van der Waals surface area contributed by atoms with Gasteiger partial charge in [0.05, 0.1) is 24.7 Å². The monoisotopic (exact) mass is 340 g/mol. The fourth-order valence-corrected chi connectivity index (χ4v) is 4.54. The quantitative estimate of drug-likeness (QED) is 0.533. The van der Waals surface area contributed by atoms with Gasteiger partial charge in [-0.1, -0.05) is 25.5 Å². The highest BCUT2D eigenvalue weighted by molar-refractivity contribution is 5.67. The molecule has 5 nitrogen and oxygen atoms in total. The second-order valence-corrected chi connectivity index (χ2v) is 7.97. The number of carboxylic acids is 1. The third-order valence-corrected chi connectivity index (χ3v) is 5.93. The van der Waals surface area contributed by atoms with Gasteiger partial charge in [-0.2, -0.15) is 0 Å². The maximum Gasteiger partial charge on any atom is 0.305 e. The molecule has 5 heteroatoms. The smallest absolute Gasteiger partial charge is 0.305 e. The summed E-state index contributed by atoms with van der Waals surface area (Å²) in [5.74, 6) is 0.633. The lowest BCUT2D eigenvalue weighted by atomic mass is 9.63. The molecule has 138 valence electrons. The molecule has 0 aromatic rings. The maximum atomic E-state index is 10.6. The van der Waals surface area contributed by atoms with Crippen LogP contribution >= 0.6 is 0 Å². The SMILES string of the molecule is C[C@@H]1CC[C@H]2C(=C[C@H](O)[C@H](C)[C@@H]2CC[C@@H](O)C[C@@H](O)CC(=O)O)C1. The van der Waals surface area contributed by atoms with Crippen LogP contribution in [-0.2, 0) is 4.79 Å². The summed E-state index contributed by atoms with van der Waals surface area (Å²) in [5.41, 5.74) is 1.38. The highest BCUT2D eigenvalue weighted by atomic mass is 16.4. The Kier molecular flexibility index (Phi) is 6.84. The lowest BCUT2D eigenvalue weighted by molar-refractivity contribution is -0.139. The molecule has 7 atom stereocenters. The number of hydrogen-bond donors (Lipinski definition) is 4. The van der Waals surface area contributed by atoms with Crippen LogP contribution in [0.5, 0.6) is 0 Å². The van der Waals surface area contributed by atoms with Gasteiger partial charge in [0, 0.05) is 0 Å². The third-order valence-electron chi connectivity index (χ3n) is 5.93. The van der Waals surface area contributed by atoms with Gasteiger partial charge in [-0.25, -0.2) is 0 Å². The van der Waals surface area contributed by atoms with Gasteiger partial charge in [0.1, 0.15) is 0 Å². The zero-order valence-electron chi connectivity index (χ0n) is 14.8. The number of aliphatic hydroxyl groups excluding tert-OH is 3. The summed E-state index contributed by atoms with van der Waals surface area (Å²) in [6, 6.07) is 0. The van der Waals surface area contributed by atoms with E-state index < -0.39 is 24.3 Å². The molecule has 0 amide bonds. The molecule has 0 heterocycles. The summed E-state index contributed by atoms with van der Waals surface area (Å²) in [6.07, 6.45) is 4.46. The molecule has 0 unspecified atom stereocenters. The minimum absolute atomic E-state index is 0.0976. The minimum atomic E-state index is -1.05. The first kappa shape index (κ1) is 19.4. The summed E-state index contributed by atoms with van der Waals surface area (Å²) in [5, 5.41) is 38.8. The number of hydrogen-bond acceptors (Lipinski definition) is 4. The van der Waals surface area contributed by atoms with E-state index in [1.807, 2.05) is 0 Å². The van der Waals surface area contributed by atoms with Gasteiger partial charge < -0.3 is 20.4 Å². The van der Waals surface area contributed by atoms with Crippen molar-refractivity contribution >= 4 is 5.97 Å². The van der Waals surface area contributed by atoms with E-state index in [1.165, 1.54) is 12.0 Å². The number of fused-ring (bicyclic) bond motifs is 1. The molecule has 0 spiro atoms. The lowest BCUT2D eigenvalue weighted by Gasteiger charge is -2.43. The van der Waals surface area contributed by atoms with E-state index in [2.05, 4.69) is 19.9 Å². The fourth-order valence-electron chi connectivity index (χ4n) is 4.54. The Balaban J connectivity index is 1.90. The molecular weight excluding hydrogens is 308 g/mol. The van der Waals surface area contributed by atoms with Crippen LogP contribution in [0.2, 0.25) is 0 Å². The van der Waals surface area contributed by atoms with Crippen molar-refractivity contribution in [3.05, 3.63) is 11.6 Å². The molecule has 2 rings (SSSR count). The van der Waals surface area contributed by atoms with E-state index >= 15 is 0 Å². The second kappa shape index (κ2) is 8.45. The summed E-state index contributed by atoms with van der Waals surface area (Å²) < 4.78 is 0. The molecule has 0 aliphatic heterocycles. The molecule has 1 fully saturated rings. The van der Waals surface area contributed by atoms with Crippen molar-refractivity contribution in [2.45, 2.75) is 77.1 Å². The van der Waals surface area contributed by atoms with E-state index in [1.54, 1.807) is 0 Å². The van der Waals surface area contributed by atoms with Gasteiger partial charge in [-0.15, -0.1) is 0 Å². The van der Waals surface area contributed by atoms with Crippen LogP contribution in [-0.4, -0.2) is 44.7 Å². The summed E-state index contributed by atoms with van der Waals surface area (Å²) in [4.78, 5) is 10.6. The van der Waals surface area contributed by atoms with Gasteiger partial charge in [0.15, 0.2) is 0 Å². The molecule has 0 radical (unpaired) electrons. The standard InChI is InChI=1S/C19H32O5/c1-11-3-5-17-13(7-11)8-18(22)12(2)16(17)6-4-14(20)9-15(21)10-19(23)24/h8,11-12,14-18,20-22H,3-7,9-10H2,1-2H3,(H,23,24)/t11-,12-,14-,15-,16+,17+,18+/m1/s1. The largest absolute Gasteiger partial charge is 0.481 e. The van der Waals surface area contributed by atoms with Gasteiger partial charge in [0.25, 0.3) is 0 Å². The Bertz CT molecular complexity index is 461. The molecule has 0 aromatic carbocycles. The molecule has 1 saturated carbocycles. The highest BCUT2D eigenvalue weighted by Crippen LogP contribution is 2.46. The van der Waals surface area contributed by atoms with E-state index in [9.17, 15) is 20.1 Å². The Morgan fingerprint density at radius 3 is 2.62 bits per heavy atom. The Hall–Kier alpha value is -0.910. The second-order valence-electron chi connectivity index (χ2n) is 7.97. The molecule has 2 aliphatic carbocycles. The number of allylic oxidation sites excluding steroid dienone is 1. The van der Waals surface area contributed by atoms with Gasteiger partial charge in [-0.3, -0.25) is 4.79 Å². The normalized spacial score (nSPS) is 35.7. The average molecular weight is 340 g/mol. The molecule has 0 bridgehead atoms. The van der Waals surface area contributed by atoms with E-state index in [-0.39, 0.29) is 18.8 Å². The van der Waals surface area contributed by atoms with Crippen LogP contribution in [0.25, 0.3) is 0 Å². The molecule has 0 saturated heterocycles. The topological polar surface area (TPSA) is 98.0 Å². The maximum absolute atomic E-state index is 10.6. The van der Waals surface area contributed by atoms with Crippen molar-refractivity contribution < 1.29 is 25.2 Å². The molecule has 4 N–H and O–H groups in total. The van der Waals surface area contributed by atoms with Gasteiger partial charge >= 0.3 is 5.97 Å². The van der Waals surface area contributed by atoms with E-state index in [0.29, 0.717) is 24.2 Å². The summed E-state index contributed by atoms with van der Waals surface area (Å²) >= 11 is 0. The first-order valence-electron chi connectivity index (χ1n) is 9.24. The average Bonchev–Trinajstić information content (AvgIpc) is 2.46. The van der Waals surface area contributed by atoms with Crippen molar-refractivity contribution in [2.75, 3.05) is 0 Å². The van der Waals surface area contributed by atoms with Gasteiger partial charge in [-0.05, 0) is 62.2 Å². The number of aliphatic hydroxyl groups is 3. The zero-order chi connectivity index (χ0) is 17.9. The van der Waals surface area contributed by atoms with Crippen molar-refractivity contribution in [2.24, 2.45) is 23.7 Å². The highest BCUT2D eigenvalue weighted by Gasteiger charge is 2.39. The van der Waals surface area contributed by atoms with E-state index in [4.69, 9.17) is 5.11 Å². The molecule has 0 aromatic heterocycles. The first-order chi connectivity index (χ1) is 11.3.